The van der Waals surface area contributed by atoms with Crippen LogP contribution in [0.25, 0.3) is 0 Å². The summed E-state index contributed by atoms with van der Waals surface area (Å²) in [4.78, 5) is 13.1. The highest BCUT2D eigenvalue weighted by Gasteiger charge is 1.98. The number of carbonyl (C=O) groups is 1. The second kappa shape index (κ2) is 3.84. The lowest BCUT2D eigenvalue weighted by Gasteiger charge is -1.92. The molecule has 0 N–H and O–H groups in total. The van der Waals surface area contributed by atoms with Gasteiger partial charge in [-0.1, -0.05) is 17.5 Å². The lowest BCUT2D eigenvalue weighted by molar-refractivity contribution is -0.103. The van der Waals surface area contributed by atoms with E-state index in [2.05, 4.69) is 16.8 Å². The van der Waals surface area contributed by atoms with Crippen molar-refractivity contribution in [2.45, 2.75) is 0 Å². The molecule has 0 unspecified atom stereocenters. The van der Waals surface area contributed by atoms with Gasteiger partial charge in [-0.25, -0.2) is 4.98 Å². The highest BCUT2D eigenvalue weighted by molar-refractivity contribution is 6.31. The smallest absolute Gasteiger partial charge is 0.214 e. The molecule has 1 aromatic rings. The van der Waals surface area contributed by atoms with Gasteiger partial charge in [-0.15, -0.1) is 0 Å². The molecule has 0 fully saturated rings. The van der Waals surface area contributed by atoms with Crippen molar-refractivity contribution in [3.63, 3.8) is 0 Å². The van der Waals surface area contributed by atoms with Gasteiger partial charge in [0.15, 0.2) is 6.29 Å². The molecule has 1 aromatic heterocycles. The lowest BCUT2D eigenvalue weighted by atomic mass is 10.3. The molecule has 0 aliphatic heterocycles. The number of carbonyl (C=O) groups excluding carboxylic acids is 1. The van der Waals surface area contributed by atoms with Crippen LogP contribution in [0.1, 0.15) is 5.56 Å². The van der Waals surface area contributed by atoms with E-state index in [-0.39, 0.29) is 10.6 Å². The summed E-state index contributed by atoms with van der Waals surface area (Å²) in [6, 6.07) is 1.07. The van der Waals surface area contributed by atoms with Gasteiger partial charge in [-0.2, -0.15) is 4.39 Å². The van der Waals surface area contributed by atoms with Crippen LogP contribution in [-0.4, -0.2) is 11.3 Å². The molecule has 60 valence electrons. The van der Waals surface area contributed by atoms with Crippen molar-refractivity contribution >= 4 is 17.9 Å². The summed E-state index contributed by atoms with van der Waals surface area (Å²) in [6.45, 7) is 0. The molecule has 0 spiro atoms. The van der Waals surface area contributed by atoms with E-state index < -0.39 is 5.95 Å². The first-order valence-electron chi connectivity index (χ1n) is 3.00. The van der Waals surface area contributed by atoms with Crippen molar-refractivity contribution in [1.29, 1.82) is 0 Å². The molecule has 0 saturated carbocycles. The predicted molar refractivity (Wildman–Crippen MR) is 42.1 cm³/mol. The fourth-order valence-corrected chi connectivity index (χ4v) is 0.767. The van der Waals surface area contributed by atoms with Crippen LogP contribution in [0.5, 0.6) is 0 Å². The van der Waals surface area contributed by atoms with Crippen molar-refractivity contribution in [3.8, 4) is 11.8 Å². The number of aromatic nitrogens is 1. The van der Waals surface area contributed by atoms with Crippen LogP contribution < -0.4 is 0 Å². The summed E-state index contributed by atoms with van der Waals surface area (Å²) in [6.07, 6.45) is 1.56. The molecular formula is C8H3ClFNO. The zero-order valence-corrected chi connectivity index (χ0v) is 6.60. The van der Waals surface area contributed by atoms with Gasteiger partial charge in [0.05, 0.1) is 5.02 Å². The molecule has 0 aliphatic carbocycles. The zero-order valence-electron chi connectivity index (χ0n) is 5.84. The maximum atomic E-state index is 12.4. The molecule has 1 heterocycles. The molecule has 0 radical (unpaired) electrons. The molecule has 0 saturated heterocycles. The summed E-state index contributed by atoms with van der Waals surface area (Å²) < 4.78 is 12.4. The minimum absolute atomic E-state index is 0.228. The largest absolute Gasteiger partial charge is 0.289 e. The van der Waals surface area contributed by atoms with Gasteiger partial charge in [0.25, 0.3) is 0 Å². The van der Waals surface area contributed by atoms with Crippen molar-refractivity contribution in [2.75, 3.05) is 0 Å². The first kappa shape index (κ1) is 8.69. The summed E-state index contributed by atoms with van der Waals surface area (Å²) in [5, 5.41) is 0.228. The maximum absolute atomic E-state index is 12.4. The van der Waals surface area contributed by atoms with Crippen molar-refractivity contribution in [1.82, 2.24) is 4.98 Å². The quantitative estimate of drug-likeness (QED) is 0.346. The second-order valence-electron chi connectivity index (χ2n) is 1.87. The molecule has 0 aromatic carbocycles. The van der Waals surface area contributed by atoms with Crippen LogP contribution in [0.2, 0.25) is 5.02 Å². The summed E-state index contributed by atoms with van der Waals surface area (Å²) in [7, 11) is 0. The van der Waals surface area contributed by atoms with E-state index >= 15 is 0 Å². The van der Waals surface area contributed by atoms with Gasteiger partial charge < -0.3 is 0 Å². The number of hydrogen-bond donors (Lipinski definition) is 0. The first-order valence-corrected chi connectivity index (χ1v) is 3.38. The van der Waals surface area contributed by atoms with Crippen molar-refractivity contribution in [2.24, 2.45) is 0 Å². The predicted octanol–water partition coefficient (Wildman–Crippen LogP) is 1.42. The van der Waals surface area contributed by atoms with Gasteiger partial charge in [-0.3, -0.25) is 4.79 Å². The number of aldehydes is 1. The third-order valence-electron chi connectivity index (χ3n) is 1.09. The van der Waals surface area contributed by atoms with Crippen LogP contribution in [0.4, 0.5) is 4.39 Å². The Morgan fingerprint density at radius 2 is 2.42 bits per heavy atom. The van der Waals surface area contributed by atoms with E-state index in [4.69, 9.17) is 11.6 Å². The van der Waals surface area contributed by atoms with Gasteiger partial charge >= 0.3 is 0 Å². The van der Waals surface area contributed by atoms with E-state index in [1.807, 2.05) is 0 Å². The first-order chi connectivity index (χ1) is 5.74. The SMILES string of the molecule is O=CC#Cc1cc(F)ncc1Cl. The normalized spacial score (nSPS) is 8.50. The third-order valence-corrected chi connectivity index (χ3v) is 1.39. The summed E-state index contributed by atoms with van der Waals surface area (Å²) in [5.41, 5.74) is 0.260. The summed E-state index contributed by atoms with van der Waals surface area (Å²) in [5.74, 6) is 3.82. The third kappa shape index (κ3) is 2.04. The standard InChI is InChI=1S/C8H3ClFNO/c9-7-5-11-8(10)4-6(7)2-1-3-12/h3-5H. The molecule has 1 rings (SSSR count). The molecule has 2 nitrogen and oxygen atoms in total. The van der Waals surface area contributed by atoms with E-state index in [0.717, 1.165) is 12.3 Å². The maximum Gasteiger partial charge on any atom is 0.214 e. The van der Waals surface area contributed by atoms with E-state index in [1.165, 1.54) is 0 Å². The molecule has 0 atom stereocenters. The Bertz CT molecular complexity index is 367. The fraction of sp³-hybridized carbons (Fsp3) is 0. The number of pyridine rings is 1. The van der Waals surface area contributed by atoms with E-state index in [0.29, 0.717) is 6.29 Å². The van der Waals surface area contributed by atoms with Gasteiger partial charge in [0.1, 0.15) is 0 Å². The van der Waals surface area contributed by atoms with E-state index in [9.17, 15) is 9.18 Å². The average molecular weight is 184 g/mol. The second-order valence-corrected chi connectivity index (χ2v) is 2.28. The van der Waals surface area contributed by atoms with Crippen LogP contribution in [-0.2, 0) is 4.79 Å². The van der Waals surface area contributed by atoms with Gasteiger partial charge in [-0.05, 0) is 5.92 Å². The Morgan fingerprint density at radius 3 is 3.08 bits per heavy atom. The Balaban J connectivity index is 3.13. The Labute approximate surface area is 73.4 Å². The molecule has 0 amide bonds. The molecule has 12 heavy (non-hydrogen) atoms. The Hall–Kier alpha value is -1.40. The molecule has 4 heteroatoms. The Kier molecular flexibility index (Phi) is 2.78. The van der Waals surface area contributed by atoms with Gasteiger partial charge in [0.2, 0.25) is 5.95 Å². The average Bonchev–Trinajstić information content (AvgIpc) is 2.07. The van der Waals surface area contributed by atoms with Crippen LogP contribution in [0.3, 0.4) is 0 Å². The molecule has 0 bridgehead atoms. The minimum Gasteiger partial charge on any atom is -0.289 e. The van der Waals surface area contributed by atoms with Crippen molar-refractivity contribution in [3.05, 3.63) is 28.8 Å². The minimum atomic E-state index is -0.672. The van der Waals surface area contributed by atoms with Crippen LogP contribution in [0.15, 0.2) is 12.3 Å². The highest BCUT2D eigenvalue weighted by atomic mass is 35.5. The fourth-order valence-electron chi connectivity index (χ4n) is 0.616. The topological polar surface area (TPSA) is 30.0 Å². The molecule has 0 aliphatic rings. The highest BCUT2D eigenvalue weighted by Crippen LogP contribution is 2.13. The van der Waals surface area contributed by atoms with Crippen LogP contribution >= 0.6 is 11.6 Å². The monoisotopic (exact) mass is 183 g/mol. The van der Waals surface area contributed by atoms with E-state index in [1.54, 1.807) is 0 Å². The zero-order chi connectivity index (χ0) is 8.97. The molecular weight excluding hydrogens is 181 g/mol. The number of halogens is 2. The van der Waals surface area contributed by atoms with Gasteiger partial charge in [0, 0.05) is 17.8 Å². The Morgan fingerprint density at radius 1 is 1.67 bits per heavy atom. The van der Waals surface area contributed by atoms with Crippen molar-refractivity contribution < 1.29 is 9.18 Å². The summed E-state index contributed by atoms with van der Waals surface area (Å²) >= 11 is 5.58. The van der Waals surface area contributed by atoms with Crippen LogP contribution in [0, 0.1) is 17.8 Å². The lowest BCUT2D eigenvalue weighted by Crippen LogP contribution is -1.85. The number of nitrogens with zero attached hydrogens (tertiary/aromatic N) is 1. The number of rotatable bonds is 0. The number of hydrogen-bond acceptors (Lipinski definition) is 2.